The van der Waals surface area contributed by atoms with Gasteiger partial charge >= 0.3 is 5.97 Å². The first-order valence-corrected chi connectivity index (χ1v) is 6.78. The second-order valence-electron chi connectivity index (χ2n) is 4.80. The highest BCUT2D eigenvalue weighted by Crippen LogP contribution is 2.13. The minimum absolute atomic E-state index is 0.446. The lowest BCUT2D eigenvalue weighted by Crippen LogP contribution is -2.48. The van der Waals surface area contributed by atoms with Crippen LogP contribution in [0.15, 0.2) is 30.3 Å². The van der Waals surface area contributed by atoms with E-state index in [4.69, 9.17) is 5.11 Å². The molecule has 2 unspecified atom stereocenters. The maximum absolute atomic E-state index is 12.5. The topological polar surface area (TPSA) is 113 Å². The van der Waals surface area contributed by atoms with Gasteiger partial charge in [0.15, 0.2) is 5.78 Å². The van der Waals surface area contributed by atoms with E-state index in [1.807, 2.05) is 0 Å². The van der Waals surface area contributed by atoms with Crippen molar-refractivity contribution in [2.45, 2.75) is 25.4 Å². The average molecular weight is 324 g/mol. The number of carboxylic acids is 1. The van der Waals surface area contributed by atoms with Gasteiger partial charge in [-0.3, -0.25) is 19.2 Å². The van der Waals surface area contributed by atoms with Crippen LogP contribution in [0.4, 0.5) is 4.39 Å². The molecule has 8 heteroatoms. The molecule has 0 bridgehead atoms. The van der Waals surface area contributed by atoms with Crippen LogP contribution in [0.1, 0.15) is 24.9 Å². The van der Waals surface area contributed by atoms with Crippen LogP contribution in [-0.4, -0.2) is 41.4 Å². The molecule has 23 heavy (non-hydrogen) atoms. The average Bonchev–Trinajstić information content (AvgIpc) is 2.51. The van der Waals surface area contributed by atoms with Gasteiger partial charge in [0.25, 0.3) is 0 Å². The largest absolute Gasteiger partial charge is 0.481 e. The van der Waals surface area contributed by atoms with Gasteiger partial charge in [-0.05, 0) is 5.56 Å². The van der Waals surface area contributed by atoms with Crippen LogP contribution in [0.25, 0.3) is 0 Å². The second kappa shape index (κ2) is 8.62. The minimum atomic E-state index is -1.50. The number of Topliss-reactive ketones (excluding diaryl/α,β-unsaturated/α-hetero) is 1. The third-order valence-electron chi connectivity index (χ3n) is 2.96. The van der Waals surface area contributed by atoms with E-state index in [2.05, 4.69) is 10.6 Å². The SMILES string of the molecule is CC(=O)NC(C(=O)NC(CC(=O)O)C(=O)CF)c1ccccc1. The minimum Gasteiger partial charge on any atom is -0.481 e. The predicted molar refractivity (Wildman–Crippen MR) is 78.2 cm³/mol. The number of amides is 2. The highest BCUT2D eigenvalue weighted by atomic mass is 19.1. The zero-order valence-corrected chi connectivity index (χ0v) is 12.4. The van der Waals surface area contributed by atoms with Gasteiger partial charge in [-0.25, -0.2) is 4.39 Å². The Labute approximate surface area is 131 Å². The Morgan fingerprint density at radius 3 is 2.22 bits per heavy atom. The van der Waals surface area contributed by atoms with Crippen molar-refractivity contribution in [2.75, 3.05) is 6.67 Å². The van der Waals surface area contributed by atoms with E-state index >= 15 is 0 Å². The molecule has 2 amide bonds. The molecule has 0 aliphatic heterocycles. The lowest BCUT2D eigenvalue weighted by molar-refractivity contribution is -0.140. The number of alkyl halides is 1. The van der Waals surface area contributed by atoms with Crippen molar-refractivity contribution >= 4 is 23.6 Å². The molecule has 124 valence electrons. The molecule has 0 fully saturated rings. The normalized spacial score (nSPS) is 12.8. The highest BCUT2D eigenvalue weighted by Gasteiger charge is 2.28. The summed E-state index contributed by atoms with van der Waals surface area (Å²) in [6, 6.07) is 5.58. The first kappa shape index (κ1) is 18.3. The molecule has 3 N–H and O–H groups in total. The summed E-state index contributed by atoms with van der Waals surface area (Å²) < 4.78 is 12.5. The summed E-state index contributed by atoms with van der Waals surface area (Å²) in [5.41, 5.74) is 0.446. The molecule has 7 nitrogen and oxygen atoms in total. The second-order valence-corrected chi connectivity index (χ2v) is 4.80. The molecular formula is C15H17FN2O5. The van der Waals surface area contributed by atoms with Gasteiger partial charge < -0.3 is 15.7 Å². The number of carbonyl (C=O) groups excluding carboxylic acids is 3. The quantitative estimate of drug-likeness (QED) is 0.639. The Bertz CT molecular complexity index is 591. The van der Waals surface area contributed by atoms with Crippen LogP contribution in [-0.2, 0) is 19.2 Å². The lowest BCUT2D eigenvalue weighted by Gasteiger charge is -2.21. The van der Waals surface area contributed by atoms with E-state index in [0.717, 1.165) is 0 Å². The van der Waals surface area contributed by atoms with Gasteiger partial charge in [-0.15, -0.1) is 0 Å². The Balaban J connectivity index is 2.97. The Morgan fingerprint density at radius 2 is 1.74 bits per heavy atom. The molecule has 0 aromatic heterocycles. The third-order valence-corrected chi connectivity index (χ3v) is 2.96. The van der Waals surface area contributed by atoms with Crippen molar-refractivity contribution in [1.82, 2.24) is 10.6 Å². The van der Waals surface area contributed by atoms with Crippen LogP contribution in [0.3, 0.4) is 0 Å². The molecule has 0 aliphatic rings. The summed E-state index contributed by atoms with van der Waals surface area (Å²) in [5.74, 6) is -3.68. The molecule has 0 spiro atoms. The van der Waals surface area contributed by atoms with E-state index in [1.165, 1.54) is 6.92 Å². The molecule has 0 aliphatic carbocycles. The van der Waals surface area contributed by atoms with Crippen LogP contribution < -0.4 is 10.6 Å². The molecule has 0 saturated heterocycles. The van der Waals surface area contributed by atoms with Crippen molar-refractivity contribution in [2.24, 2.45) is 0 Å². The van der Waals surface area contributed by atoms with E-state index in [-0.39, 0.29) is 0 Å². The molecule has 2 atom stereocenters. The Morgan fingerprint density at radius 1 is 1.13 bits per heavy atom. The number of aliphatic carboxylic acids is 1. The number of hydrogen-bond acceptors (Lipinski definition) is 4. The van der Waals surface area contributed by atoms with Crippen molar-refractivity contribution in [1.29, 1.82) is 0 Å². The van der Waals surface area contributed by atoms with Crippen LogP contribution >= 0.6 is 0 Å². The zero-order valence-electron chi connectivity index (χ0n) is 12.4. The number of carboxylic acid groups (broad SMARTS) is 1. The van der Waals surface area contributed by atoms with Crippen molar-refractivity contribution in [3.8, 4) is 0 Å². The van der Waals surface area contributed by atoms with Gasteiger partial charge in [0.2, 0.25) is 11.8 Å². The summed E-state index contributed by atoms with van der Waals surface area (Å²) in [4.78, 5) is 45.7. The van der Waals surface area contributed by atoms with E-state index in [9.17, 15) is 23.6 Å². The van der Waals surface area contributed by atoms with Gasteiger partial charge in [0.05, 0.1) is 6.42 Å². The molecule has 0 radical (unpaired) electrons. The lowest BCUT2D eigenvalue weighted by atomic mass is 10.0. The smallest absolute Gasteiger partial charge is 0.305 e. The summed E-state index contributed by atoms with van der Waals surface area (Å²) in [5, 5.41) is 13.3. The predicted octanol–water partition coefficient (Wildman–Crippen LogP) is 0.362. The fourth-order valence-corrected chi connectivity index (χ4v) is 1.92. The first-order chi connectivity index (χ1) is 10.8. The van der Waals surface area contributed by atoms with Crippen molar-refractivity contribution in [3.05, 3.63) is 35.9 Å². The molecule has 0 heterocycles. The van der Waals surface area contributed by atoms with Crippen LogP contribution in [0.2, 0.25) is 0 Å². The molecular weight excluding hydrogens is 307 g/mol. The van der Waals surface area contributed by atoms with Crippen molar-refractivity contribution in [3.63, 3.8) is 0 Å². The van der Waals surface area contributed by atoms with E-state index in [0.29, 0.717) is 5.56 Å². The molecule has 1 aromatic carbocycles. The fraction of sp³-hybridized carbons (Fsp3) is 0.333. The van der Waals surface area contributed by atoms with Gasteiger partial charge in [0, 0.05) is 6.92 Å². The molecule has 0 saturated carbocycles. The van der Waals surface area contributed by atoms with E-state index < -0.39 is 48.7 Å². The number of halogens is 1. The number of carbonyl (C=O) groups is 4. The van der Waals surface area contributed by atoms with E-state index in [1.54, 1.807) is 30.3 Å². The number of ketones is 1. The Kier molecular flexibility index (Phi) is 6.85. The third kappa shape index (κ3) is 5.85. The van der Waals surface area contributed by atoms with Crippen molar-refractivity contribution < 1.29 is 28.7 Å². The monoisotopic (exact) mass is 324 g/mol. The highest BCUT2D eigenvalue weighted by molar-refractivity contribution is 5.95. The summed E-state index contributed by atoms with van der Waals surface area (Å²) in [7, 11) is 0. The maximum atomic E-state index is 12.5. The van der Waals surface area contributed by atoms with Crippen LogP contribution in [0.5, 0.6) is 0 Å². The fourth-order valence-electron chi connectivity index (χ4n) is 1.92. The summed E-state index contributed by atoms with van der Waals surface area (Å²) in [6.07, 6.45) is -0.740. The molecule has 1 rings (SSSR count). The maximum Gasteiger partial charge on any atom is 0.305 e. The number of hydrogen-bond donors (Lipinski definition) is 3. The summed E-state index contributed by atoms with van der Waals surface area (Å²) >= 11 is 0. The number of benzene rings is 1. The van der Waals surface area contributed by atoms with Gasteiger partial charge in [0.1, 0.15) is 18.8 Å². The van der Waals surface area contributed by atoms with Gasteiger partial charge in [-0.2, -0.15) is 0 Å². The van der Waals surface area contributed by atoms with Gasteiger partial charge in [-0.1, -0.05) is 30.3 Å². The molecule has 1 aromatic rings. The standard InChI is InChI=1S/C15H17FN2O5/c1-9(19)17-14(10-5-3-2-4-6-10)15(23)18-11(7-13(21)22)12(20)8-16/h2-6,11,14H,7-8H2,1H3,(H,17,19)(H,18,23)(H,21,22). The number of nitrogens with one attached hydrogen (secondary N) is 2. The zero-order chi connectivity index (χ0) is 17.4. The summed E-state index contributed by atoms with van der Waals surface area (Å²) in [6.45, 7) is -0.182. The Hall–Kier alpha value is -2.77. The first-order valence-electron chi connectivity index (χ1n) is 6.78. The van der Waals surface area contributed by atoms with Crippen LogP contribution in [0, 0.1) is 0 Å². The number of rotatable bonds is 8.